The lowest BCUT2D eigenvalue weighted by Crippen LogP contribution is -2.46. The van der Waals surface area contributed by atoms with Crippen LogP contribution in [-0.2, 0) is 11.2 Å². The molecular formula is C25H27ClN4O2. The van der Waals surface area contributed by atoms with Crippen LogP contribution in [0, 0.1) is 13.8 Å². The summed E-state index contributed by atoms with van der Waals surface area (Å²) in [6.45, 7) is 5.16. The van der Waals surface area contributed by atoms with Gasteiger partial charge < -0.3 is 10.2 Å². The third-order valence-electron chi connectivity index (χ3n) is 6.06. The van der Waals surface area contributed by atoms with E-state index < -0.39 is 0 Å². The third-order valence-corrected chi connectivity index (χ3v) is 6.31. The Bertz CT molecular complexity index is 1140. The third kappa shape index (κ3) is 5.25. The maximum Gasteiger partial charge on any atom is 0.251 e. The second-order valence-electron chi connectivity index (χ2n) is 8.35. The van der Waals surface area contributed by atoms with Crippen LogP contribution in [0.25, 0.3) is 11.0 Å². The van der Waals surface area contributed by atoms with E-state index in [0.29, 0.717) is 36.5 Å². The molecule has 0 bridgehead atoms. The van der Waals surface area contributed by atoms with E-state index in [1.54, 1.807) is 12.1 Å². The molecule has 1 N–H and O–H groups in total. The first kappa shape index (κ1) is 22.2. The van der Waals surface area contributed by atoms with Gasteiger partial charge in [-0.3, -0.25) is 9.59 Å². The number of carbonyl (C=O) groups excluding carboxylic acids is 2. The number of amides is 2. The molecule has 1 saturated heterocycles. The summed E-state index contributed by atoms with van der Waals surface area (Å²) < 4.78 is 0. The molecule has 3 aromatic rings. The minimum atomic E-state index is -0.112. The number of hydrogen-bond acceptors (Lipinski definition) is 4. The van der Waals surface area contributed by atoms with Gasteiger partial charge in [-0.25, -0.2) is 9.97 Å². The zero-order valence-electron chi connectivity index (χ0n) is 18.4. The predicted molar refractivity (Wildman–Crippen MR) is 126 cm³/mol. The van der Waals surface area contributed by atoms with Gasteiger partial charge in [0.15, 0.2) is 0 Å². The smallest absolute Gasteiger partial charge is 0.251 e. The number of piperidine rings is 1. The quantitative estimate of drug-likeness (QED) is 0.630. The van der Waals surface area contributed by atoms with Crippen LogP contribution >= 0.6 is 11.6 Å². The van der Waals surface area contributed by atoms with Gasteiger partial charge in [-0.1, -0.05) is 23.7 Å². The number of aryl methyl sites for hydroxylation is 3. The first-order valence-electron chi connectivity index (χ1n) is 11.0. The van der Waals surface area contributed by atoms with Crippen LogP contribution in [0.4, 0.5) is 0 Å². The number of likely N-dealkylation sites (tertiary alicyclic amines) is 1. The fourth-order valence-electron chi connectivity index (χ4n) is 3.97. The molecule has 166 valence electrons. The number of rotatable bonds is 5. The molecule has 2 aromatic carbocycles. The summed E-state index contributed by atoms with van der Waals surface area (Å²) in [6, 6.07) is 13.1. The summed E-state index contributed by atoms with van der Waals surface area (Å²) in [7, 11) is 0. The van der Waals surface area contributed by atoms with Gasteiger partial charge in [0.05, 0.1) is 22.4 Å². The van der Waals surface area contributed by atoms with E-state index in [9.17, 15) is 9.59 Å². The summed E-state index contributed by atoms with van der Waals surface area (Å²) in [6.07, 6.45) is 2.69. The van der Waals surface area contributed by atoms with E-state index in [4.69, 9.17) is 11.6 Å². The molecule has 0 saturated carbocycles. The average molecular weight is 451 g/mol. The van der Waals surface area contributed by atoms with Crippen molar-refractivity contribution in [3.8, 4) is 0 Å². The molecule has 0 spiro atoms. The normalized spacial score (nSPS) is 14.5. The Morgan fingerprint density at radius 2 is 1.66 bits per heavy atom. The largest absolute Gasteiger partial charge is 0.349 e. The molecule has 0 unspecified atom stereocenters. The van der Waals surface area contributed by atoms with E-state index in [2.05, 4.69) is 15.3 Å². The molecule has 1 aliphatic heterocycles. The molecule has 1 aromatic heterocycles. The molecule has 2 heterocycles. The summed E-state index contributed by atoms with van der Waals surface area (Å²) in [5.74, 6) is 0.0444. The number of benzene rings is 2. The minimum absolute atomic E-state index is 0.0596. The fraction of sp³-hybridized carbons (Fsp3) is 0.360. The highest BCUT2D eigenvalue weighted by molar-refractivity contribution is 6.30. The lowest BCUT2D eigenvalue weighted by atomic mass is 10.0. The van der Waals surface area contributed by atoms with Crippen molar-refractivity contribution in [1.29, 1.82) is 0 Å². The van der Waals surface area contributed by atoms with Crippen LogP contribution in [-0.4, -0.2) is 45.8 Å². The Labute approximate surface area is 193 Å². The maximum absolute atomic E-state index is 12.8. The van der Waals surface area contributed by atoms with E-state index in [0.717, 1.165) is 40.8 Å². The van der Waals surface area contributed by atoms with Gasteiger partial charge in [0.2, 0.25) is 5.91 Å². The second-order valence-corrected chi connectivity index (χ2v) is 8.79. The van der Waals surface area contributed by atoms with Crippen molar-refractivity contribution in [3.05, 3.63) is 70.0 Å². The zero-order chi connectivity index (χ0) is 22.7. The molecular weight excluding hydrogens is 424 g/mol. The first-order chi connectivity index (χ1) is 15.4. The Hall–Kier alpha value is -2.99. The maximum atomic E-state index is 12.8. The summed E-state index contributed by atoms with van der Waals surface area (Å²) >= 11 is 5.91. The van der Waals surface area contributed by atoms with Gasteiger partial charge >= 0.3 is 0 Å². The molecule has 0 radical (unpaired) electrons. The molecule has 2 amide bonds. The molecule has 1 fully saturated rings. The van der Waals surface area contributed by atoms with Crippen LogP contribution in [0.5, 0.6) is 0 Å². The Kier molecular flexibility index (Phi) is 6.70. The number of nitrogens with one attached hydrogen (secondary N) is 1. The van der Waals surface area contributed by atoms with Crippen LogP contribution in [0.1, 0.15) is 46.6 Å². The highest BCUT2D eigenvalue weighted by Gasteiger charge is 2.24. The topological polar surface area (TPSA) is 75.2 Å². The summed E-state index contributed by atoms with van der Waals surface area (Å²) in [4.78, 5) is 36.3. The van der Waals surface area contributed by atoms with Crippen molar-refractivity contribution in [3.63, 3.8) is 0 Å². The van der Waals surface area contributed by atoms with Crippen LogP contribution in [0.2, 0.25) is 5.02 Å². The summed E-state index contributed by atoms with van der Waals surface area (Å²) in [5.41, 5.74) is 4.95. The SMILES string of the molecule is Cc1nc2ccc(C(=O)NC3CCN(C(=O)CCc4ccc(Cl)cc4)CC3)cc2nc1C. The van der Waals surface area contributed by atoms with Crippen molar-refractivity contribution in [2.75, 3.05) is 13.1 Å². The van der Waals surface area contributed by atoms with Gasteiger partial charge in [-0.2, -0.15) is 0 Å². The van der Waals surface area contributed by atoms with E-state index in [-0.39, 0.29) is 17.9 Å². The number of nitrogens with zero attached hydrogens (tertiary/aromatic N) is 3. The van der Waals surface area contributed by atoms with Crippen molar-refractivity contribution in [2.24, 2.45) is 0 Å². The van der Waals surface area contributed by atoms with Crippen molar-refractivity contribution in [1.82, 2.24) is 20.2 Å². The average Bonchev–Trinajstić information content (AvgIpc) is 2.79. The van der Waals surface area contributed by atoms with E-state index in [1.807, 2.05) is 49.1 Å². The van der Waals surface area contributed by atoms with Gasteiger partial charge in [0.25, 0.3) is 5.91 Å². The van der Waals surface area contributed by atoms with Crippen molar-refractivity contribution >= 4 is 34.4 Å². The van der Waals surface area contributed by atoms with E-state index in [1.165, 1.54) is 0 Å². The second kappa shape index (κ2) is 9.65. The minimum Gasteiger partial charge on any atom is -0.349 e. The van der Waals surface area contributed by atoms with E-state index >= 15 is 0 Å². The van der Waals surface area contributed by atoms with Crippen LogP contribution < -0.4 is 5.32 Å². The zero-order valence-corrected chi connectivity index (χ0v) is 19.2. The van der Waals surface area contributed by atoms with Gasteiger partial charge in [-0.05, 0) is 69.0 Å². The molecule has 0 atom stereocenters. The fourth-order valence-corrected chi connectivity index (χ4v) is 4.10. The lowest BCUT2D eigenvalue weighted by Gasteiger charge is -2.32. The summed E-state index contributed by atoms with van der Waals surface area (Å²) in [5, 5.41) is 3.81. The molecule has 6 nitrogen and oxygen atoms in total. The predicted octanol–water partition coefficient (Wildman–Crippen LogP) is 4.25. The highest BCUT2D eigenvalue weighted by atomic mass is 35.5. The molecule has 32 heavy (non-hydrogen) atoms. The Morgan fingerprint density at radius 1 is 1.00 bits per heavy atom. The molecule has 1 aliphatic rings. The molecule has 7 heteroatoms. The van der Waals surface area contributed by atoms with Crippen LogP contribution in [0.3, 0.4) is 0 Å². The first-order valence-corrected chi connectivity index (χ1v) is 11.3. The highest BCUT2D eigenvalue weighted by Crippen LogP contribution is 2.17. The van der Waals surface area contributed by atoms with Crippen LogP contribution in [0.15, 0.2) is 42.5 Å². The number of halogens is 1. The lowest BCUT2D eigenvalue weighted by molar-refractivity contribution is -0.132. The number of carbonyl (C=O) groups is 2. The van der Waals surface area contributed by atoms with Crippen molar-refractivity contribution < 1.29 is 9.59 Å². The number of aromatic nitrogens is 2. The Balaban J connectivity index is 1.28. The molecule has 4 rings (SSSR count). The number of hydrogen-bond donors (Lipinski definition) is 1. The Morgan fingerprint density at radius 3 is 2.34 bits per heavy atom. The number of fused-ring (bicyclic) bond motifs is 1. The molecule has 0 aliphatic carbocycles. The van der Waals surface area contributed by atoms with Crippen molar-refractivity contribution in [2.45, 2.75) is 45.6 Å². The van der Waals surface area contributed by atoms with Gasteiger partial charge in [-0.15, -0.1) is 0 Å². The monoisotopic (exact) mass is 450 g/mol. The van der Waals surface area contributed by atoms with Gasteiger partial charge in [0.1, 0.15) is 0 Å². The standard InChI is InChI=1S/C25H27ClN4O2/c1-16-17(2)28-23-15-19(6-9-22(23)27-16)25(32)29-21-11-13-30(14-12-21)24(31)10-5-18-3-7-20(26)8-4-18/h3-4,6-9,15,21H,5,10-14H2,1-2H3,(H,29,32). The van der Waals surface area contributed by atoms with Gasteiger partial charge in [0, 0.05) is 36.1 Å².